The first-order valence-corrected chi connectivity index (χ1v) is 8.16. The van der Waals surface area contributed by atoms with Gasteiger partial charge in [0.25, 0.3) is 0 Å². The summed E-state index contributed by atoms with van der Waals surface area (Å²) in [6, 6.07) is 5.89. The Bertz CT molecular complexity index is 501. The summed E-state index contributed by atoms with van der Waals surface area (Å²) in [7, 11) is 0. The third-order valence-electron chi connectivity index (χ3n) is 3.99. The molecule has 0 saturated carbocycles. The highest BCUT2D eigenvalue weighted by molar-refractivity contribution is 8.00. The molecule has 0 aliphatic carbocycles. The van der Waals surface area contributed by atoms with Crippen LogP contribution in [0.15, 0.2) is 23.1 Å². The van der Waals surface area contributed by atoms with Crippen molar-refractivity contribution in [1.82, 2.24) is 4.90 Å². The highest BCUT2D eigenvalue weighted by atomic mass is 32.2. The monoisotopic (exact) mass is 292 g/mol. The molecule has 1 fully saturated rings. The van der Waals surface area contributed by atoms with Crippen LogP contribution < -0.4 is 4.90 Å². The largest absolute Gasteiger partial charge is 0.392 e. The number of rotatable bonds is 4. The van der Waals surface area contributed by atoms with Gasteiger partial charge >= 0.3 is 0 Å². The predicted molar refractivity (Wildman–Crippen MR) is 81.1 cm³/mol. The van der Waals surface area contributed by atoms with Crippen LogP contribution in [-0.2, 0) is 11.4 Å². The summed E-state index contributed by atoms with van der Waals surface area (Å²) >= 11 is 1.59. The molecule has 0 spiro atoms. The molecule has 5 heteroatoms. The fourth-order valence-electron chi connectivity index (χ4n) is 2.84. The molecule has 0 unspecified atom stereocenters. The zero-order valence-electron chi connectivity index (χ0n) is 11.5. The number of hydrogen-bond donors (Lipinski definition) is 1. The number of amides is 1. The Morgan fingerprint density at radius 3 is 2.75 bits per heavy atom. The molecule has 2 aliphatic rings. The van der Waals surface area contributed by atoms with Crippen molar-refractivity contribution in [3.8, 4) is 0 Å². The smallest absolute Gasteiger partial charge is 0.237 e. The van der Waals surface area contributed by atoms with Gasteiger partial charge in [-0.1, -0.05) is 6.07 Å². The number of hydrogen-bond acceptors (Lipinski definition) is 4. The van der Waals surface area contributed by atoms with Crippen molar-refractivity contribution in [3.63, 3.8) is 0 Å². The minimum atomic E-state index is 0.0199. The van der Waals surface area contributed by atoms with Crippen molar-refractivity contribution in [2.75, 3.05) is 36.8 Å². The lowest BCUT2D eigenvalue weighted by Gasteiger charge is -2.30. The Kier molecular flexibility index (Phi) is 4.29. The first-order valence-electron chi connectivity index (χ1n) is 7.17. The lowest BCUT2D eigenvalue weighted by atomic mass is 10.2. The Hall–Kier alpha value is -1.04. The molecular weight excluding hydrogens is 272 g/mol. The summed E-state index contributed by atoms with van der Waals surface area (Å²) in [5.41, 5.74) is 1.84. The molecule has 2 heterocycles. The van der Waals surface area contributed by atoms with E-state index in [4.69, 9.17) is 0 Å². The molecular formula is C15H20N2O2S. The van der Waals surface area contributed by atoms with Crippen molar-refractivity contribution >= 4 is 23.4 Å². The predicted octanol–water partition coefficient (Wildman–Crippen LogP) is 1.71. The molecule has 108 valence electrons. The lowest BCUT2D eigenvalue weighted by molar-refractivity contribution is -0.116. The summed E-state index contributed by atoms with van der Waals surface area (Å²) in [5, 5.41) is 9.28. The SMILES string of the molecule is O=C1CSc2ccc(CO)cc2N1CCN1CCCC1. The van der Waals surface area contributed by atoms with Crippen molar-refractivity contribution in [1.29, 1.82) is 0 Å². The van der Waals surface area contributed by atoms with E-state index in [1.165, 1.54) is 12.8 Å². The minimum Gasteiger partial charge on any atom is -0.392 e. The van der Waals surface area contributed by atoms with Gasteiger partial charge in [0, 0.05) is 18.0 Å². The second-order valence-corrected chi connectivity index (χ2v) is 6.36. The molecule has 1 aromatic carbocycles. The van der Waals surface area contributed by atoms with E-state index in [1.807, 2.05) is 23.1 Å². The van der Waals surface area contributed by atoms with Gasteiger partial charge in [-0.3, -0.25) is 4.79 Å². The van der Waals surface area contributed by atoms with Gasteiger partial charge in [-0.15, -0.1) is 11.8 Å². The summed E-state index contributed by atoms with van der Waals surface area (Å²) < 4.78 is 0. The molecule has 1 aromatic rings. The number of aliphatic hydroxyl groups excluding tert-OH is 1. The van der Waals surface area contributed by atoms with E-state index >= 15 is 0 Å². The van der Waals surface area contributed by atoms with E-state index < -0.39 is 0 Å². The second-order valence-electron chi connectivity index (χ2n) is 5.34. The fraction of sp³-hybridized carbons (Fsp3) is 0.533. The maximum absolute atomic E-state index is 12.2. The van der Waals surface area contributed by atoms with Crippen molar-refractivity contribution in [3.05, 3.63) is 23.8 Å². The highest BCUT2D eigenvalue weighted by Crippen LogP contribution is 2.35. The number of carbonyl (C=O) groups excluding carboxylic acids is 1. The minimum absolute atomic E-state index is 0.0199. The Balaban J connectivity index is 1.77. The molecule has 0 atom stereocenters. The van der Waals surface area contributed by atoms with E-state index in [-0.39, 0.29) is 12.5 Å². The van der Waals surface area contributed by atoms with Gasteiger partial charge in [0.1, 0.15) is 0 Å². The van der Waals surface area contributed by atoms with Crippen LogP contribution in [-0.4, -0.2) is 47.8 Å². The van der Waals surface area contributed by atoms with E-state index in [9.17, 15) is 9.90 Å². The summed E-state index contributed by atoms with van der Waals surface area (Å²) in [6.07, 6.45) is 2.55. The average Bonchev–Trinajstić information content (AvgIpc) is 2.99. The van der Waals surface area contributed by atoms with Gasteiger partial charge in [0.15, 0.2) is 0 Å². The zero-order valence-corrected chi connectivity index (χ0v) is 12.4. The molecule has 0 radical (unpaired) electrons. The standard InChI is InChI=1S/C15H20N2O2S/c18-10-12-3-4-14-13(9-12)17(15(19)11-20-14)8-7-16-5-1-2-6-16/h3-4,9,18H,1-2,5-8,10-11H2. The number of nitrogens with zero attached hydrogens (tertiary/aromatic N) is 2. The average molecular weight is 292 g/mol. The van der Waals surface area contributed by atoms with Crippen LogP contribution in [0.5, 0.6) is 0 Å². The Morgan fingerprint density at radius 2 is 2.00 bits per heavy atom. The van der Waals surface area contributed by atoms with Gasteiger partial charge in [0.05, 0.1) is 18.0 Å². The molecule has 1 N–H and O–H groups in total. The molecule has 0 aromatic heterocycles. The van der Waals surface area contributed by atoms with Crippen LogP contribution in [0.25, 0.3) is 0 Å². The Morgan fingerprint density at radius 1 is 1.20 bits per heavy atom. The topological polar surface area (TPSA) is 43.8 Å². The van der Waals surface area contributed by atoms with E-state index in [1.54, 1.807) is 11.8 Å². The molecule has 20 heavy (non-hydrogen) atoms. The number of aliphatic hydroxyl groups is 1. The third kappa shape index (κ3) is 2.85. The first kappa shape index (κ1) is 13.9. The molecule has 1 saturated heterocycles. The summed E-state index contributed by atoms with van der Waals surface area (Å²) in [4.78, 5) is 17.6. The van der Waals surface area contributed by atoms with Crippen molar-refractivity contribution in [2.45, 2.75) is 24.3 Å². The normalized spacial score (nSPS) is 19.4. The zero-order chi connectivity index (χ0) is 13.9. The number of benzene rings is 1. The molecule has 4 nitrogen and oxygen atoms in total. The summed E-state index contributed by atoms with van der Waals surface area (Å²) in [6.45, 7) is 4.02. The van der Waals surface area contributed by atoms with Gasteiger partial charge in [-0.2, -0.15) is 0 Å². The fourth-order valence-corrected chi connectivity index (χ4v) is 3.75. The Labute approximate surface area is 123 Å². The maximum Gasteiger partial charge on any atom is 0.237 e. The van der Waals surface area contributed by atoms with Crippen LogP contribution in [0, 0.1) is 0 Å². The highest BCUT2D eigenvalue weighted by Gasteiger charge is 2.25. The van der Waals surface area contributed by atoms with Gasteiger partial charge in [0.2, 0.25) is 5.91 Å². The summed E-state index contributed by atoms with van der Waals surface area (Å²) in [5.74, 6) is 0.697. The van der Waals surface area contributed by atoms with Gasteiger partial charge in [-0.05, 0) is 43.6 Å². The molecule has 2 aliphatic heterocycles. The van der Waals surface area contributed by atoms with Crippen LogP contribution in [0.2, 0.25) is 0 Å². The number of anilines is 1. The van der Waals surface area contributed by atoms with Crippen molar-refractivity contribution in [2.24, 2.45) is 0 Å². The van der Waals surface area contributed by atoms with Gasteiger partial charge < -0.3 is 14.9 Å². The van der Waals surface area contributed by atoms with Gasteiger partial charge in [-0.25, -0.2) is 0 Å². The van der Waals surface area contributed by atoms with Crippen LogP contribution in [0.4, 0.5) is 5.69 Å². The van der Waals surface area contributed by atoms with E-state index in [0.717, 1.165) is 42.3 Å². The molecule has 1 amide bonds. The number of carbonyl (C=O) groups is 1. The number of thioether (sulfide) groups is 1. The molecule has 3 rings (SSSR count). The lowest BCUT2D eigenvalue weighted by Crippen LogP contribution is -2.40. The molecule has 0 bridgehead atoms. The first-order chi connectivity index (χ1) is 9.78. The van der Waals surface area contributed by atoms with Crippen LogP contribution in [0.1, 0.15) is 18.4 Å². The van der Waals surface area contributed by atoms with Crippen LogP contribution >= 0.6 is 11.8 Å². The number of fused-ring (bicyclic) bond motifs is 1. The number of likely N-dealkylation sites (tertiary alicyclic amines) is 1. The second kappa shape index (κ2) is 6.16. The maximum atomic E-state index is 12.2. The van der Waals surface area contributed by atoms with Crippen molar-refractivity contribution < 1.29 is 9.90 Å². The third-order valence-corrected chi connectivity index (χ3v) is 5.03. The van der Waals surface area contributed by atoms with E-state index in [0.29, 0.717) is 5.75 Å². The van der Waals surface area contributed by atoms with Crippen LogP contribution in [0.3, 0.4) is 0 Å². The van der Waals surface area contributed by atoms with E-state index in [2.05, 4.69) is 4.90 Å². The quantitative estimate of drug-likeness (QED) is 0.917.